The molecule has 3 aromatic carbocycles. The van der Waals surface area contributed by atoms with Crippen LogP contribution in [0.1, 0.15) is 40.3 Å². The molecule has 166 valence electrons. The Morgan fingerprint density at radius 2 is 1.71 bits per heavy atom. The number of benzene rings is 3. The van der Waals surface area contributed by atoms with Gasteiger partial charge in [-0.25, -0.2) is 4.99 Å². The predicted octanol–water partition coefficient (Wildman–Crippen LogP) is 5.29. The predicted molar refractivity (Wildman–Crippen MR) is 140 cm³/mol. The van der Waals surface area contributed by atoms with Gasteiger partial charge in [0.2, 0.25) is 0 Å². The molecule has 0 fully saturated rings. The lowest BCUT2D eigenvalue weighted by atomic mass is 9.83. The molecular formula is C30H24N2OS. The monoisotopic (exact) mass is 460 g/mol. The highest BCUT2D eigenvalue weighted by Gasteiger charge is 2.32. The second-order valence-corrected chi connectivity index (χ2v) is 9.83. The average molecular weight is 461 g/mol. The molecule has 0 bridgehead atoms. The van der Waals surface area contributed by atoms with Crippen molar-refractivity contribution in [3.8, 4) is 0 Å². The van der Waals surface area contributed by atoms with E-state index in [9.17, 15) is 4.79 Å². The third kappa shape index (κ3) is 3.61. The molecule has 0 spiro atoms. The van der Waals surface area contributed by atoms with E-state index in [0.717, 1.165) is 34.5 Å². The molecule has 0 radical (unpaired) electrons. The van der Waals surface area contributed by atoms with Gasteiger partial charge in [-0.3, -0.25) is 9.36 Å². The van der Waals surface area contributed by atoms with Crippen molar-refractivity contribution < 1.29 is 0 Å². The number of rotatable bonds is 3. The van der Waals surface area contributed by atoms with Crippen LogP contribution in [0.3, 0.4) is 0 Å². The van der Waals surface area contributed by atoms with Crippen LogP contribution in [0.25, 0.3) is 17.8 Å². The Bertz CT molecular complexity index is 1620. The molecule has 4 aromatic rings. The Hall–Kier alpha value is -3.76. The van der Waals surface area contributed by atoms with Crippen LogP contribution in [-0.2, 0) is 6.42 Å². The zero-order chi connectivity index (χ0) is 23.1. The van der Waals surface area contributed by atoms with Crippen LogP contribution in [0.4, 0.5) is 0 Å². The zero-order valence-corrected chi connectivity index (χ0v) is 19.8. The molecule has 3 nitrogen and oxygen atoms in total. The van der Waals surface area contributed by atoms with Gasteiger partial charge in [-0.15, -0.1) is 0 Å². The number of allylic oxidation sites excluding steroid dienone is 2. The average Bonchev–Trinajstić information content (AvgIpc) is 3.19. The van der Waals surface area contributed by atoms with E-state index in [1.54, 1.807) is 0 Å². The maximum atomic E-state index is 13.7. The Labute approximate surface area is 202 Å². The summed E-state index contributed by atoms with van der Waals surface area (Å²) in [4.78, 5) is 19.5. The summed E-state index contributed by atoms with van der Waals surface area (Å²) in [7, 11) is 0. The molecule has 6 rings (SSSR count). The molecule has 1 aliphatic heterocycles. The third-order valence-electron chi connectivity index (χ3n) is 6.60. The van der Waals surface area contributed by atoms with Crippen molar-refractivity contribution in [2.24, 2.45) is 4.99 Å². The Morgan fingerprint density at radius 3 is 2.53 bits per heavy atom. The van der Waals surface area contributed by atoms with E-state index >= 15 is 0 Å². The quantitative estimate of drug-likeness (QED) is 0.409. The van der Waals surface area contributed by atoms with Crippen LogP contribution in [0.15, 0.2) is 100 Å². The van der Waals surface area contributed by atoms with Crippen LogP contribution < -0.4 is 14.9 Å². The van der Waals surface area contributed by atoms with Gasteiger partial charge in [-0.2, -0.15) is 0 Å². The maximum absolute atomic E-state index is 13.7. The fourth-order valence-corrected chi connectivity index (χ4v) is 5.85. The van der Waals surface area contributed by atoms with Crippen molar-refractivity contribution in [2.75, 3.05) is 0 Å². The molecule has 34 heavy (non-hydrogen) atoms. The summed E-state index contributed by atoms with van der Waals surface area (Å²) >= 11 is 1.47. The second-order valence-electron chi connectivity index (χ2n) is 8.82. The van der Waals surface area contributed by atoms with Crippen LogP contribution >= 0.6 is 11.3 Å². The number of hydrogen-bond donors (Lipinski definition) is 0. The number of thiazole rings is 1. The summed E-state index contributed by atoms with van der Waals surface area (Å²) in [6.45, 7) is 2.09. The van der Waals surface area contributed by atoms with Crippen LogP contribution in [0.2, 0.25) is 0 Å². The minimum absolute atomic E-state index is 0.0254. The van der Waals surface area contributed by atoms with Crippen molar-refractivity contribution in [1.82, 2.24) is 4.57 Å². The number of nitrogens with zero attached hydrogens (tertiary/aromatic N) is 2. The van der Waals surface area contributed by atoms with E-state index in [0.29, 0.717) is 4.53 Å². The van der Waals surface area contributed by atoms with Gasteiger partial charge in [0.15, 0.2) is 4.80 Å². The molecule has 1 unspecified atom stereocenters. The summed E-state index contributed by atoms with van der Waals surface area (Å²) in [5, 5.41) is 0. The molecule has 0 saturated carbocycles. The standard InChI is InChI=1S/C30H24N2OS/c1-20-14-16-23(17-15-20)28-25-19-18-22-11-5-6-12-24(22)27(25)31-30-32(28)29(33)26(34-30)13-7-10-21-8-3-2-4-9-21/h2-17,28H,18-19H2,1H3/b10-7+,26-13?. The lowest BCUT2D eigenvalue weighted by molar-refractivity contribution is 0.585. The lowest BCUT2D eigenvalue weighted by Gasteiger charge is -2.30. The molecule has 0 amide bonds. The molecule has 4 heteroatoms. The van der Waals surface area contributed by atoms with E-state index < -0.39 is 0 Å². The van der Waals surface area contributed by atoms with Crippen LogP contribution in [0, 0.1) is 6.92 Å². The summed E-state index contributed by atoms with van der Waals surface area (Å²) in [5.41, 5.74) is 8.29. The number of aryl methyl sites for hydroxylation is 2. The Kier molecular flexibility index (Phi) is 5.23. The molecule has 0 saturated heterocycles. The van der Waals surface area contributed by atoms with Gasteiger partial charge in [-0.05, 0) is 48.1 Å². The fraction of sp³-hybridized carbons (Fsp3) is 0.133. The first kappa shape index (κ1) is 20.8. The van der Waals surface area contributed by atoms with Gasteiger partial charge in [0.05, 0.1) is 16.3 Å². The summed E-state index contributed by atoms with van der Waals surface area (Å²) < 4.78 is 2.61. The minimum Gasteiger partial charge on any atom is -0.272 e. The van der Waals surface area contributed by atoms with Gasteiger partial charge in [0.1, 0.15) is 0 Å². The smallest absolute Gasteiger partial charge is 0.271 e. The van der Waals surface area contributed by atoms with Gasteiger partial charge in [0, 0.05) is 5.56 Å². The van der Waals surface area contributed by atoms with Crippen molar-refractivity contribution in [1.29, 1.82) is 0 Å². The van der Waals surface area contributed by atoms with Gasteiger partial charge >= 0.3 is 0 Å². The molecular weight excluding hydrogens is 436 g/mol. The van der Waals surface area contributed by atoms with Gasteiger partial charge in [-0.1, -0.05) is 108 Å². The van der Waals surface area contributed by atoms with Crippen molar-refractivity contribution >= 4 is 29.2 Å². The molecule has 2 aliphatic rings. The Balaban J connectivity index is 1.54. The number of aromatic nitrogens is 1. The first-order valence-electron chi connectivity index (χ1n) is 11.6. The maximum Gasteiger partial charge on any atom is 0.271 e. The van der Waals surface area contributed by atoms with Gasteiger partial charge < -0.3 is 0 Å². The summed E-state index contributed by atoms with van der Waals surface area (Å²) in [5.74, 6) is 0. The first-order chi connectivity index (χ1) is 16.7. The summed E-state index contributed by atoms with van der Waals surface area (Å²) in [6.07, 6.45) is 7.78. The molecule has 1 atom stereocenters. The van der Waals surface area contributed by atoms with Crippen molar-refractivity contribution in [3.63, 3.8) is 0 Å². The first-order valence-corrected chi connectivity index (χ1v) is 12.4. The third-order valence-corrected chi connectivity index (χ3v) is 7.60. The Morgan fingerprint density at radius 1 is 0.941 bits per heavy atom. The largest absolute Gasteiger partial charge is 0.272 e. The van der Waals surface area contributed by atoms with E-state index in [1.165, 1.54) is 33.6 Å². The number of fused-ring (bicyclic) bond motifs is 3. The molecule has 0 N–H and O–H groups in total. The fourth-order valence-electron chi connectivity index (χ4n) is 4.90. The van der Waals surface area contributed by atoms with Crippen LogP contribution in [0.5, 0.6) is 0 Å². The molecule has 2 heterocycles. The SMILES string of the molecule is Cc1ccc(C2C3=C(N=c4sc(=C/C=C/c5ccccc5)c(=O)n42)c2ccccc2CC3)cc1. The normalized spacial score (nSPS) is 17.3. The van der Waals surface area contributed by atoms with Crippen molar-refractivity contribution in [2.45, 2.75) is 25.8 Å². The van der Waals surface area contributed by atoms with E-state index in [1.807, 2.05) is 41.0 Å². The van der Waals surface area contributed by atoms with E-state index in [4.69, 9.17) is 4.99 Å². The summed E-state index contributed by atoms with van der Waals surface area (Å²) in [6, 6.07) is 27.1. The highest BCUT2D eigenvalue weighted by atomic mass is 32.1. The van der Waals surface area contributed by atoms with Crippen LogP contribution in [-0.4, -0.2) is 4.57 Å². The highest BCUT2D eigenvalue weighted by Crippen LogP contribution is 2.41. The van der Waals surface area contributed by atoms with E-state index in [2.05, 4.69) is 67.6 Å². The topological polar surface area (TPSA) is 34.4 Å². The molecule has 1 aliphatic carbocycles. The zero-order valence-electron chi connectivity index (χ0n) is 18.9. The lowest BCUT2D eigenvalue weighted by Crippen LogP contribution is -2.38. The van der Waals surface area contributed by atoms with Gasteiger partial charge in [0.25, 0.3) is 5.56 Å². The van der Waals surface area contributed by atoms with E-state index in [-0.39, 0.29) is 11.6 Å². The molecule has 1 aromatic heterocycles. The second kappa shape index (κ2) is 8.54. The van der Waals surface area contributed by atoms with Crippen molar-refractivity contribution in [3.05, 3.63) is 138 Å². The highest BCUT2D eigenvalue weighted by molar-refractivity contribution is 7.07. The minimum atomic E-state index is -0.125. The number of hydrogen-bond acceptors (Lipinski definition) is 3.